The third-order valence-electron chi connectivity index (χ3n) is 4.82. The van der Waals surface area contributed by atoms with Crippen LogP contribution in [0.3, 0.4) is 0 Å². The highest BCUT2D eigenvalue weighted by molar-refractivity contribution is 8.18. The van der Waals surface area contributed by atoms with Crippen molar-refractivity contribution in [3.05, 3.63) is 58.5 Å². The topological polar surface area (TPSA) is 45.1 Å². The molecule has 4 rings (SSSR count). The van der Waals surface area contributed by atoms with Crippen LogP contribution in [0.25, 0.3) is 6.08 Å². The van der Waals surface area contributed by atoms with Crippen molar-refractivity contribution in [1.29, 1.82) is 0 Å². The molecule has 0 radical (unpaired) electrons. The molecule has 0 saturated carbocycles. The van der Waals surface area contributed by atoms with Crippen LogP contribution in [0.1, 0.15) is 18.1 Å². The van der Waals surface area contributed by atoms with Gasteiger partial charge in [-0.3, -0.25) is 4.79 Å². The first-order valence-corrected chi connectivity index (χ1v) is 10.2. The number of carbonyl (C=O) groups is 1. The summed E-state index contributed by atoms with van der Waals surface area (Å²) in [6.45, 7) is 3.53. The number of ether oxygens (including phenoxy) is 1. The first kappa shape index (κ1) is 18.6. The number of thioether (sulfide) groups is 1. The van der Waals surface area contributed by atoms with Crippen LogP contribution in [0.5, 0.6) is 5.75 Å². The predicted octanol–water partition coefficient (Wildman–Crippen LogP) is 4.18. The second-order valence-corrected chi connectivity index (χ2v) is 7.91. The average molecular weight is 394 g/mol. The molecule has 144 valence electrons. The van der Waals surface area contributed by atoms with E-state index in [-0.39, 0.29) is 5.91 Å². The number of para-hydroxylation sites is 2. The Labute approximate surface area is 169 Å². The Morgan fingerprint density at radius 1 is 1.18 bits per heavy atom. The lowest BCUT2D eigenvalue weighted by Gasteiger charge is -2.27. The summed E-state index contributed by atoms with van der Waals surface area (Å²) in [4.78, 5) is 21.7. The minimum Gasteiger partial charge on any atom is -0.493 e. The number of benzene rings is 2. The second-order valence-electron chi connectivity index (χ2n) is 6.90. The summed E-state index contributed by atoms with van der Waals surface area (Å²) in [5, 5.41) is 0.720. The highest BCUT2D eigenvalue weighted by Gasteiger charge is 2.27. The van der Waals surface area contributed by atoms with Gasteiger partial charge in [-0.05, 0) is 60.2 Å². The van der Waals surface area contributed by atoms with Crippen LogP contribution in [-0.2, 0) is 11.2 Å². The summed E-state index contributed by atoms with van der Waals surface area (Å²) in [7, 11) is 4.04. The summed E-state index contributed by atoms with van der Waals surface area (Å²) in [6.07, 6.45) is 2.84. The number of fused-ring (bicyclic) bond motifs is 1. The van der Waals surface area contributed by atoms with Crippen LogP contribution >= 0.6 is 11.8 Å². The van der Waals surface area contributed by atoms with E-state index in [1.54, 1.807) is 0 Å². The van der Waals surface area contributed by atoms with E-state index in [0.717, 1.165) is 47.4 Å². The number of hydrogen-bond acceptors (Lipinski definition) is 5. The Bertz CT molecular complexity index is 981. The smallest absolute Gasteiger partial charge is 0.286 e. The number of carbonyl (C=O) groups excluding carboxylic acids is 1. The second kappa shape index (κ2) is 7.72. The van der Waals surface area contributed by atoms with Crippen LogP contribution in [0.2, 0.25) is 0 Å². The number of nitrogens with zero attached hydrogens (tertiary/aromatic N) is 3. The Kier molecular flexibility index (Phi) is 5.13. The maximum atomic E-state index is 12.6. The van der Waals surface area contributed by atoms with Gasteiger partial charge in [0, 0.05) is 27.1 Å². The van der Waals surface area contributed by atoms with Gasteiger partial charge >= 0.3 is 0 Å². The number of rotatable bonds is 4. The van der Waals surface area contributed by atoms with Gasteiger partial charge in [-0.15, -0.1) is 0 Å². The van der Waals surface area contributed by atoms with E-state index in [9.17, 15) is 4.79 Å². The molecule has 0 fully saturated rings. The van der Waals surface area contributed by atoms with Crippen LogP contribution in [0.15, 0.2) is 52.4 Å². The molecule has 1 amide bonds. The summed E-state index contributed by atoms with van der Waals surface area (Å²) >= 11 is 1.43. The molecular formula is C22H23N3O2S. The number of hydrogen-bond donors (Lipinski definition) is 0. The van der Waals surface area contributed by atoms with Crippen LogP contribution in [0.4, 0.5) is 11.4 Å². The summed E-state index contributed by atoms with van der Waals surface area (Å²) < 4.78 is 5.56. The van der Waals surface area contributed by atoms with Gasteiger partial charge in [-0.25, -0.2) is 0 Å². The fourth-order valence-corrected chi connectivity index (χ4v) is 4.43. The van der Waals surface area contributed by atoms with E-state index in [2.05, 4.69) is 39.9 Å². The Morgan fingerprint density at radius 3 is 2.71 bits per heavy atom. The quantitative estimate of drug-likeness (QED) is 0.729. The molecule has 0 atom stereocenters. The molecule has 2 aliphatic rings. The van der Waals surface area contributed by atoms with E-state index < -0.39 is 0 Å². The largest absolute Gasteiger partial charge is 0.493 e. The van der Waals surface area contributed by atoms with Crippen molar-refractivity contribution in [3.8, 4) is 5.75 Å². The van der Waals surface area contributed by atoms with Crippen molar-refractivity contribution in [2.45, 2.75) is 13.3 Å². The van der Waals surface area contributed by atoms with Crippen molar-refractivity contribution in [3.63, 3.8) is 0 Å². The van der Waals surface area contributed by atoms with Gasteiger partial charge in [-0.1, -0.05) is 18.2 Å². The molecule has 0 bridgehead atoms. The summed E-state index contributed by atoms with van der Waals surface area (Å²) in [5.74, 6) is 0.763. The SMILES string of the molecule is CCN(C1=NC(=O)C(=Cc2ccc3c(c2)CCO3)S1)c1ccccc1N(C)C. The number of amidine groups is 1. The summed E-state index contributed by atoms with van der Waals surface area (Å²) in [6, 6.07) is 14.2. The van der Waals surface area contributed by atoms with Crippen molar-refractivity contribution in [2.24, 2.45) is 4.99 Å². The lowest BCUT2D eigenvalue weighted by Crippen LogP contribution is -2.29. The molecule has 0 aromatic heterocycles. The first-order valence-electron chi connectivity index (χ1n) is 9.39. The molecule has 5 nitrogen and oxygen atoms in total. The number of aliphatic imine (C=N–C) groups is 1. The normalized spacial score (nSPS) is 16.8. The minimum atomic E-state index is -0.183. The van der Waals surface area contributed by atoms with Crippen LogP contribution in [0, 0.1) is 0 Å². The highest BCUT2D eigenvalue weighted by atomic mass is 32.2. The standard InChI is InChI=1S/C22H23N3O2S/c1-4-25(18-8-6-5-7-17(18)24(2)3)22-23-21(26)20(28-22)14-15-9-10-19-16(13-15)11-12-27-19/h5-10,13-14H,4,11-12H2,1-3H3. The Hall–Kier alpha value is -2.73. The summed E-state index contributed by atoms with van der Waals surface area (Å²) in [5.41, 5.74) is 4.34. The monoisotopic (exact) mass is 393 g/mol. The van der Waals surface area contributed by atoms with Crippen LogP contribution in [-0.4, -0.2) is 38.3 Å². The molecule has 0 aliphatic carbocycles. The van der Waals surface area contributed by atoms with Gasteiger partial charge < -0.3 is 14.5 Å². The molecule has 2 aromatic rings. The molecule has 2 aliphatic heterocycles. The fourth-order valence-electron chi connectivity index (χ4n) is 3.44. The van der Waals surface area contributed by atoms with Gasteiger partial charge in [0.1, 0.15) is 5.75 Å². The fraction of sp³-hybridized carbons (Fsp3) is 0.273. The number of amides is 1. The van der Waals surface area contributed by atoms with Crippen molar-refractivity contribution in [2.75, 3.05) is 37.0 Å². The lowest BCUT2D eigenvalue weighted by molar-refractivity contribution is -0.113. The Balaban J connectivity index is 1.61. The van der Waals surface area contributed by atoms with E-state index in [1.165, 1.54) is 17.3 Å². The average Bonchev–Trinajstić information content (AvgIpc) is 3.29. The van der Waals surface area contributed by atoms with E-state index in [0.29, 0.717) is 4.91 Å². The van der Waals surface area contributed by atoms with Gasteiger partial charge in [0.2, 0.25) is 0 Å². The van der Waals surface area contributed by atoms with Gasteiger partial charge in [0.25, 0.3) is 5.91 Å². The molecule has 2 heterocycles. The third kappa shape index (κ3) is 3.52. The van der Waals surface area contributed by atoms with E-state index >= 15 is 0 Å². The van der Waals surface area contributed by atoms with Gasteiger partial charge in [-0.2, -0.15) is 4.99 Å². The third-order valence-corrected chi connectivity index (χ3v) is 5.83. The van der Waals surface area contributed by atoms with E-state index in [4.69, 9.17) is 4.74 Å². The van der Waals surface area contributed by atoms with Crippen molar-refractivity contribution < 1.29 is 9.53 Å². The number of anilines is 2. The van der Waals surface area contributed by atoms with Crippen molar-refractivity contribution >= 4 is 40.3 Å². The highest BCUT2D eigenvalue weighted by Crippen LogP contribution is 2.36. The van der Waals surface area contributed by atoms with E-state index in [1.807, 2.05) is 44.4 Å². The molecule has 28 heavy (non-hydrogen) atoms. The van der Waals surface area contributed by atoms with Crippen molar-refractivity contribution in [1.82, 2.24) is 0 Å². The zero-order chi connectivity index (χ0) is 19.7. The Morgan fingerprint density at radius 2 is 1.96 bits per heavy atom. The maximum Gasteiger partial charge on any atom is 0.286 e. The molecule has 0 unspecified atom stereocenters. The predicted molar refractivity (Wildman–Crippen MR) is 117 cm³/mol. The molecular weight excluding hydrogens is 370 g/mol. The molecule has 0 N–H and O–H groups in total. The first-order chi connectivity index (χ1) is 13.6. The van der Waals surface area contributed by atoms with Crippen LogP contribution < -0.4 is 14.5 Å². The molecule has 6 heteroatoms. The molecule has 0 spiro atoms. The minimum absolute atomic E-state index is 0.183. The zero-order valence-corrected chi connectivity index (χ0v) is 17.1. The lowest BCUT2D eigenvalue weighted by atomic mass is 10.1. The molecule has 0 saturated heterocycles. The van der Waals surface area contributed by atoms with Gasteiger partial charge in [0.15, 0.2) is 5.17 Å². The van der Waals surface area contributed by atoms with Gasteiger partial charge in [0.05, 0.1) is 22.9 Å². The molecule has 2 aromatic carbocycles. The maximum absolute atomic E-state index is 12.6. The zero-order valence-electron chi connectivity index (χ0n) is 16.3.